The molecule has 1 saturated heterocycles. The molecule has 1 aliphatic rings. The summed E-state index contributed by atoms with van der Waals surface area (Å²) in [5.41, 5.74) is 0.773. The summed E-state index contributed by atoms with van der Waals surface area (Å²) in [7, 11) is -7.49. The summed E-state index contributed by atoms with van der Waals surface area (Å²) in [4.78, 5) is 26.6. The Morgan fingerprint density at radius 2 is 1.69 bits per heavy atom. The molecule has 1 aromatic carbocycles. The molecule has 13 heteroatoms. The highest BCUT2D eigenvalue weighted by atomic mass is 32.2. The minimum absolute atomic E-state index is 0.00607. The fourth-order valence-electron chi connectivity index (χ4n) is 4.43. The van der Waals surface area contributed by atoms with Crippen molar-refractivity contribution in [1.29, 1.82) is 0 Å². The molecule has 11 nitrogen and oxygen atoms in total. The van der Waals surface area contributed by atoms with Crippen LogP contribution in [0.4, 0.5) is 0 Å². The van der Waals surface area contributed by atoms with Crippen molar-refractivity contribution in [3.8, 4) is 0 Å². The molecular weight excluding hydrogens is 544 g/mol. The number of carbonyl (C=O) groups is 2. The van der Waals surface area contributed by atoms with Crippen LogP contribution in [0.5, 0.6) is 0 Å². The van der Waals surface area contributed by atoms with Gasteiger partial charge in [0.05, 0.1) is 29.2 Å². The third-order valence-corrected chi connectivity index (χ3v) is 10.5. The van der Waals surface area contributed by atoms with Crippen LogP contribution in [0.15, 0.2) is 30.3 Å². The van der Waals surface area contributed by atoms with Crippen molar-refractivity contribution in [2.24, 2.45) is 5.92 Å². The van der Waals surface area contributed by atoms with E-state index in [0.29, 0.717) is 13.0 Å². The van der Waals surface area contributed by atoms with Gasteiger partial charge in [-0.15, -0.1) is 0 Å². The molecule has 0 aliphatic carbocycles. The van der Waals surface area contributed by atoms with Crippen LogP contribution >= 0.6 is 0 Å². The fourth-order valence-corrected chi connectivity index (χ4v) is 6.01. The Morgan fingerprint density at radius 3 is 2.18 bits per heavy atom. The molecule has 2 rings (SSSR count). The number of hydrogen-bond acceptors (Lipinski definition) is 8. The van der Waals surface area contributed by atoms with E-state index in [9.17, 15) is 31.5 Å². The van der Waals surface area contributed by atoms with Gasteiger partial charge in [-0.25, -0.2) is 16.8 Å². The second kappa shape index (κ2) is 13.5. The number of hydrogen-bond donors (Lipinski definition) is 4. The second-order valence-corrected chi connectivity index (χ2v) is 15.9. The lowest BCUT2D eigenvalue weighted by Gasteiger charge is -2.35. The minimum Gasteiger partial charge on any atom is -0.390 e. The van der Waals surface area contributed by atoms with Gasteiger partial charge in [0.2, 0.25) is 21.8 Å². The van der Waals surface area contributed by atoms with Gasteiger partial charge in [0, 0.05) is 19.3 Å². The summed E-state index contributed by atoms with van der Waals surface area (Å²) in [5, 5.41) is 19.6. The number of carbonyl (C=O) groups excluding carboxylic acids is 2. The maximum Gasteiger partial charge on any atom is 0.244 e. The monoisotopic (exact) mass is 588 g/mol. The summed E-state index contributed by atoms with van der Waals surface area (Å²) >= 11 is 0. The summed E-state index contributed by atoms with van der Waals surface area (Å²) in [6, 6.07) is 6.04. The zero-order valence-corrected chi connectivity index (χ0v) is 25.3. The largest absolute Gasteiger partial charge is 0.390 e. The van der Waals surface area contributed by atoms with E-state index in [1.54, 1.807) is 24.3 Å². The van der Waals surface area contributed by atoms with Crippen molar-refractivity contribution in [2.75, 3.05) is 32.1 Å². The van der Waals surface area contributed by atoms with Gasteiger partial charge in [0.15, 0.2) is 9.84 Å². The van der Waals surface area contributed by atoms with Gasteiger partial charge in [-0.05, 0) is 51.1 Å². The molecule has 4 atom stereocenters. The van der Waals surface area contributed by atoms with Crippen molar-refractivity contribution >= 4 is 31.7 Å². The average molecular weight is 589 g/mol. The predicted molar refractivity (Wildman–Crippen MR) is 151 cm³/mol. The van der Waals surface area contributed by atoms with Crippen LogP contribution in [0.2, 0.25) is 0 Å². The number of benzene rings is 1. The third kappa shape index (κ3) is 9.52. The molecule has 0 bridgehead atoms. The molecule has 1 aromatic rings. The van der Waals surface area contributed by atoms with Crippen molar-refractivity contribution in [3.63, 3.8) is 0 Å². The lowest BCUT2D eigenvalue weighted by molar-refractivity contribution is -0.131. The normalized spacial score (nSPS) is 19.1. The summed E-state index contributed by atoms with van der Waals surface area (Å²) in [6.45, 7) is 6.99. The Balaban J connectivity index is 2.40. The Morgan fingerprint density at radius 1 is 1.08 bits per heavy atom. The fraction of sp³-hybridized carbons (Fsp3) is 0.692. The van der Waals surface area contributed by atoms with Gasteiger partial charge >= 0.3 is 0 Å². The zero-order chi connectivity index (χ0) is 29.6. The number of aliphatic hydroxyl groups is 1. The van der Waals surface area contributed by atoms with Gasteiger partial charge in [-0.1, -0.05) is 44.2 Å². The van der Waals surface area contributed by atoms with Crippen molar-refractivity contribution in [1.82, 2.24) is 20.3 Å². The van der Waals surface area contributed by atoms with Crippen LogP contribution in [-0.4, -0.2) is 99.2 Å². The first-order valence-electron chi connectivity index (χ1n) is 13.1. The molecule has 222 valence electrons. The first kappa shape index (κ1) is 33.1. The van der Waals surface area contributed by atoms with Crippen molar-refractivity contribution in [3.05, 3.63) is 35.9 Å². The molecular formula is C26H44N4O7S2. The van der Waals surface area contributed by atoms with Crippen LogP contribution < -0.4 is 16.0 Å². The van der Waals surface area contributed by atoms with E-state index in [2.05, 4.69) is 16.0 Å². The Labute approximate surface area is 233 Å². The lowest BCUT2D eigenvalue weighted by Crippen LogP contribution is -2.64. The molecule has 1 aliphatic heterocycles. The van der Waals surface area contributed by atoms with Crippen LogP contribution in [0.1, 0.15) is 46.1 Å². The maximum absolute atomic E-state index is 13.7. The van der Waals surface area contributed by atoms with Crippen LogP contribution in [0.25, 0.3) is 0 Å². The highest BCUT2D eigenvalue weighted by molar-refractivity contribution is 7.92. The van der Waals surface area contributed by atoms with E-state index in [4.69, 9.17) is 0 Å². The molecule has 0 saturated carbocycles. The third-order valence-electron chi connectivity index (χ3n) is 7.10. The molecule has 0 spiro atoms. The number of amides is 2. The predicted octanol–water partition coefficient (Wildman–Crippen LogP) is 0.0524. The van der Waals surface area contributed by atoms with E-state index in [-0.39, 0.29) is 25.4 Å². The van der Waals surface area contributed by atoms with Crippen LogP contribution in [-0.2, 0) is 35.9 Å². The second-order valence-electron chi connectivity index (χ2n) is 11.3. The Bertz CT molecular complexity index is 1180. The van der Waals surface area contributed by atoms with Gasteiger partial charge in [0.1, 0.15) is 6.04 Å². The number of nitrogens with zero attached hydrogens (tertiary/aromatic N) is 1. The minimum atomic E-state index is -3.83. The number of sulfone groups is 1. The van der Waals surface area contributed by atoms with Gasteiger partial charge in [-0.3, -0.25) is 9.59 Å². The Hall–Kier alpha value is -2.06. The van der Waals surface area contributed by atoms with Crippen LogP contribution in [0, 0.1) is 5.92 Å². The quantitative estimate of drug-likeness (QED) is 0.237. The number of aliphatic hydroxyl groups excluding tert-OH is 1. The standard InChI is InChI=1S/C26H44N4O7S2/c1-18(2)16-30(39(6,36)37)17-22(31)21(15-19-11-8-7-9-12-19)28-25(33)23(26(3,4)38(5,34)35)29-24(32)20-13-10-14-27-20/h7-9,11-12,18,20-23,27,31H,10,13-17H2,1-6H3,(H,28,33)(H,29,32)/t20-,21-,22?,23+/m0/s1. The van der Waals surface area contributed by atoms with Crippen molar-refractivity contribution in [2.45, 2.75) is 75.9 Å². The summed E-state index contributed by atoms with van der Waals surface area (Å²) in [5.74, 6) is -1.27. The Kier molecular flexibility index (Phi) is 11.5. The van der Waals surface area contributed by atoms with E-state index in [0.717, 1.165) is 28.8 Å². The van der Waals surface area contributed by atoms with Gasteiger partial charge in [0.25, 0.3) is 0 Å². The number of nitrogens with one attached hydrogen (secondary N) is 3. The van der Waals surface area contributed by atoms with E-state index in [1.807, 2.05) is 19.9 Å². The molecule has 4 N–H and O–H groups in total. The highest BCUT2D eigenvalue weighted by Crippen LogP contribution is 2.22. The zero-order valence-electron chi connectivity index (χ0n) is 23.7. The van der Waals surface area contributed by atoms with Crippen LogP contribution in [0.3, 0.4) is 0 Å². The molecule has 2 amide bonds. The highest BCUT2D eigenvalue weighted by Gasteiger charge is 2.46. The first-order chi connectivity index (χ1) is 17.9. The maximum atomic E-state index is 13.7. The van der Waals surface area contributed by atoms with Gasteiger partial charge in [-0.2, -0.15) is 4.31 Å². The number of sulfonamides is 1. The van der Waals surface area contributed by atoms with E-state index >= 15 is 0 Å². The SMILES string of the molecule is CC(C)CN(CC(O)[C@H](Cc1ccccc1)NC(=O)[C@@H](NC(=O)[C@@H]1CCCN1)C(C)(C)S(C)(=O)=O)S(C)(=O)=O. The van der Waals surface area contributed by atoms with Gasteiger partial charge < -0.3 is 21.1 Å². The molecule has 1 unspecified atom stereocenters. The molecule has 1 fully saturated rings. The lowest BCUT2D eigenvalue weighted by atomic mass is 9.97. The van der Waals surface area contributed by atoms with Crippen molar-refractivity contribution < 1.29 is 31.5 Å². The number of rotatable bonds is 14. The van der Waals surface area contributed by atoms with E-state index in [1.165, 1.54) is 13.8 Å². The smallest absolute Gasteiger partial charge is 0.244 e. The summed E-state index contributed by atoms with van der Waals surface area (Å²) in [6.07, 6.45) is 2.23. The average Bonchev–Trinajstić information content (AvgIpc) is 3.35. The topological polar surface area (TPSA) is 162 Å². The van der Waals surface area contributed by atoms with E-state index < -0.39 is 60.7 Å². The molecule has 1 heterocycles. The summed E-state index contributed by atoms with van der Waals surface area (Å²) < 4.78 is 49.7. The molecule has 0 aromatic heterocycles. The first-order valence-corrected chi connectivity index (χ1v) is 16.9. The molecule has 0 radical (unpaired) electrons. The molecule has 39 heavy (non-hydrogen) atoms.